The molecule has 0 saturated carbocycles. The number of ether oxygens (including phenoxy) is 1. The van der Waals surface area contributed by atoms with E-state index in [9.17, 15) is 19.2 Å². The molecule has 1 rings (SSSR count). The average molecular weight is 354 g/mol. The van der Waals surface area contributed by atoms with Crippen molar-refractivity contribution in [2.75, 3.05) is 13.6 Å². The zero-order chi connectivity index (χ0) is 19.5. The molecule has 25 heavy (non-hydrogen) atoms. The predicted molar refractivity (Wildman–Crippen MR) is 92.5 cm³/mol. The highest BCUT2D eigenvalue weighted by Crippen LogP contribution is 2.30. The molecule has 0 aromatic heterocycles. The van der Waals surface area contributed by atoms with Gasteiger partial charge in [-0.25, -0.2) is 4.79 Å². The Morgan fingerprint density at radius 3 is 2.32 bits per heavy atom. The molecule has 1 saturated heterocycles. The molecule has 0 spiro atoms. The molecular weight excluding hydrogens is 324 g/mol. The molecule has 0 unspecified atom stereocenters. The van der Waals surface area contributed by atoms with Gasteiger partial charge in [-0.1, -0.05) is 27.2 Å². The van der Waals surface area contributed by atoms with Crippen LogP contribution in [0.3, 0.4) is 0 Å². The van der Waals surface area contributed by atoms with E-state index in [1.165, 1.54) is 18.9 Å². The van der Waals surface area contributed by atoms with E-state index in [1.807, 2.05) is 13.8 Å². The van der Waals surface area contributed by atoms with Crippen LogP contribution in [0.15, 0.2) is 0 Å². The Balaban J connectivity index is 3.32. The first-order valence-electron chi connectivity index (χ1n) is 8.73. The molecule has 0 radical (unpaired) electrons. The number of carbonyl (C=O) groups is 4. The monoisotopic (exact) mass is 354 g/mol. The largest absolute Gasteiger partial charge is 0.460 e. The Morgan fingerprint density at radius 1 is 1.24 bits per heavy atom. The first-order valence-corrected chi connectivity index (χ1v) is 8.73. The maximum absolute atomic E-state index is 13.0. The number of amides is 2. The van der Waals surface area contributed by atoms with Crippen LogP contribution in [0.5, 0.6) is 0 Å². The number of hydrogen-bond donors (Lipinski definition) is 1. The number of nitrogens with zero attached hydrogens (tertiary/aromatic N) is 1. The number of nitrogens with one attached hydrogen (secondary N) is 1. The maximum atomic E-state index is 13.0. The lowest BCUT2D eigenvalue weighted by molar-refractivity contribution is -0.163. The van der Waals surface area contributed by atoms with Gasteiger partial charge in [0.2, 0.25) is 11.8 Å². The van der Waals surface area contributed by atoms with E-state index in [-0.39, 0.29) is 18.2 Å². The molecule has 4 atom stereocenters. The number of likely N-dealkylation sites (N-methyl/N-ethyl adjacent to an activating group) is 1. The first kappa shape index (κ1) is 21.1. The Kier molecular flexibility index (Phi) is 6.74. The van der Waals surface area contributed by atoms with Crippen LogP contribution in [-0.2, 0) is 23.9 Å². The lowest BCUT2D eigenvalue weighted by Crippen LogP contribution is -2.53. The zero-order valence-corrected chi connectivity index (χ0v) is 16.2. The van der Waals surface area contributed by atoms with Gasteiger partial charge < -0.3 is 15.0 Å². The fraction of sp³-hybridized carbons (Fsp3) is 0.778. The summed E-state index contributed by atoms with van der Waals surface area (Å²) in [6, 6.07) is -0.850. The van der Waals surface area contributed by atoms with Gasteiger partial charge >= 0.3 is 5.97 Å². The standard InChI is InChI=1S/C18H30N2O5/c1-8-10(2)14-11(3)15(22)18(5,6)17(24)20(7)9-13(21)19-12(4)16(23)25-14/h10-12,14H,8-9H2,1-7H3,(H,19,21)/t10-,11+,12+,14-/m1/s1. The summed E-state index contributed by atoms with van der Waals surface area (Å²) in [7, 11) is 1.47. The summed E-state index contributed by atoms with van der Waals surface area (Å²) in [6.07, 6.45) is 0.0612. The Hall–Kier alpha value is -1.92. The van der Waals surface area contributed by atoms with E-state index in [0.29, 0.717) is 6.42 Å². The van der Waals surface area contributed by atoms with Crippen molar-refractivity contribution in [1.82, 2.24) is 10.2 Å². The molecule has 1 aliphatic heterocycles. The highest BCUT2D eigenvalue weighted by molar-refractivity contribution is 6.07. The van der Waals surface area contributed by atoms with Crippen LogP contribution < -0.4 is 5.32 Å². The summed E-state index contributed by atoms with van der Waals surface area (Å²) in [6.45, 7) is 9.93. The molecule has 1 fully saturated rings. The highest BCUT2D eigenvalue weighted by atomic mass is 16.5. The molecule has 7 nitrogen and oxygen atoms in total. The predicted octanol–water partition coefficient (Wildman–Crippen LogP) is 1.15. The van der Waals surface area contributed by atoms with E-state index in [4.69, 9.17) is 4.74 Å². The van der Waals surface area contributed by atoms with Crippen LogP contribution in [0.4, 0.5) is 0 Å². The van der Waals surface area contributed by atoms with Gasteiger partial charge in [-0.15, -0.1) is 0 Å². The van der Waals surface area contributed by atoms with E-state index in [0.717, 1.165) is 0 Å². The van der Waals surface area contributed by atoms with Crippen molar-refractivity contribution in [2.45, 2.75) is 60.1 Å². The van der Waals surface area contributed by atoms with E-state index < -0.39 is 41.3 Å². The van der Waals surface area contributed by atoms with E-state index in [2.05, 4.69) is 5.32 Å². The van der Waals surface area contributed by atoms with Crippen molar-refractivity contribution >= 4 is 23.6 Å². The van der Waals surface area contributed by atoms with Gasteiger partial charge in [0.25, 0.3) is 0 Å². The number of Topliss-reactive ketones (excluding diaryl/α,β-unsaturated/α-hetero) is 1. The summed E-state index contributed by atoms with van der Waals surface area (Å²) in [5.41, 5.74) is -1.31. The second-order valence-electron chi connectivity index (χ2n) is 7.52. The van der Waals surface area contributed by atoms with Gasteiger partial charge in [-0.2, -0.15) is 0 Å². The van der Waals surface area contributed by atoms with Gasteiger partial charge in [0.15, 0.2) is 5.78 Å². The Morgan fingerprint density at radius 2 is 1.80 bits per heavy atom. The van der Waals surface area contributed by atoms with Crippen molar-refractivity contribution in [3.05, 3.63) is 0 Å². The van der Waals surface area contributed by atoms with Gasteiger partial charge in [0.1, 0.15) is 17.6 Å². The van der Waals surface area contributed by atoms with Gasteiger partial charge in [-0.3, -0.25) is 14.4 Å². The van der Waals surface area contributed by atoms with Crippen molar-refractivity contribution < 1.29 is 23.9 Å². The molecule has 0 aromatic carbocycles. The summed E-state index contributed by atoms with van der Waals surface area (Å²) < 4.78 is 5.58. The summed E-state index contributed by atoms with van der Waals surface area (Å²) in [5.74, 6) is -2.47. The highest BCUT2D eigenvalue weighted by Gasteiger charge is 2.45. The molecule has 0 aromatic rings. The van der Waals surface area contributed by atoms with Crippen molar-refractivity contribution in [2.24, 2.45) is 17.3 Å². The van der Waals surface area contributed by atoms with Crippen LogP contribution in [0.2, 0.25) is 0 Å². The molecule has 1 N–H and O–H groups in total. The van der Waals surface area contributed by atoms with Gasteiger partial charge in [0.05, 0.1) is 12.5 Å². The molecule has 1 aliphatic rings. The first-order chi connectivity index (χ1) is 11.4. The number of hydrogen-bond acceptors (Lipinski definition) is 5. The van der Waals surface area contributed by atoms with Crippen LogP contribution in [0.25, 0.3) is 0 Å². The second-order valence-corrected chi connectivity index (χ2v) is 7.52. The molecule has 7 heteroatoms. The van der Waals surface area contributed by atoms with Crippen molar-refractivity contribution in [1.29, 1.82) is 0 Å². The quantitative estimate of drug-likeness (QED) is 0.593. The number of rotatable bonds is 2. The van der Waals surface area contributed by atoms with Crippen LogP contribution in [0, 0.1) is 17.3 Å². The minimum atomic E-state index is -1.31. The van der Waals surface area contributed by atoms with E-state index in [1.54, 1.807) is 20.8 Å². The van der Waals surface area contributed by atoms with Gasteiger partial charge in [0, 0.05) is 7.05 Å². The molecular formula is C18H30N2O5. The maximum Gasteiger partial charge on any atom is 0.328 e. The molecule has 1 heterocycles. The number of cyclic esters (lactones) is 1. The van der Waals surface area contributed by atoms with E-state index >= 15 is 0 Å². The average Bonchev–Trinajstić information content (AvgIpc) is 2.55. The second kappa shape index (κ2) is 7.97. The Bertz CT molecular complexity index is 558. The third-order valence-corrected chi connectivity index (χ3v) is 4.97. The summed E-state index contributed by atoms with van der Waals surface area (Å²) in [5, 5.41) is 2.54. The summed E-state index contributed by atoms with van der Waals surface area (Å²) >= 11 is 0. The lowest BCUT2D eigenvalue weighted by Gasteiger charge is -2.35. The third-order valence-electron chi connectivity index (χ3n) is 4.97. The fourth-order valence-corrected chi connectivity index (χ4v) is 3.11. The zero-order valence-electron chi connectivity index (χ0n) is 16.2. The molecule has 0 bridgehead atoms. The fourth-order valence-electron chi connectivity index (χ4n) is 3.11. The van der Waals surface area contributed by atoms with Crippen LogP contribution in [0.1, 0.15) is 48.0 Å². The molecule has 0 aliphatic carbocycles. The number of ketones is 1. The Labute approximate surface area is 149 Å². The minimum Gasteiger partial charge on any atom is -0.460 e. The van der Waals surface area contributed by atoms with Gasteiger partial charge in [-0.05, 0) is 26.7 Å². The summed E-state index contributed by atoms with van der Waals surface area (Å²) in [4.78, 5) is 51.3. The molecule has 142 valence electrons. The topological polar surface area (TPSA) is 92.8 Å². The third kappa shape index (κ3) is 4.58. The minimum absolute atomic E-state index is 0.0580. The van der Waals surface area contributed by atoms with Crippen molar-refractivity contribution in [3.63, 3.8) is 0 Å². The molecule has 2 amide bonds. The number of carbonyl (C=O) groups excluding carboxylic acids is 4. The smallest absolute Gasteiger partial charge is 0.328 e. The van der Waals surface area contributed by atoms with Crippen LogP contribution >= 0.6 is 0 Å². The number of esters is 1. The van der Waals surface area contributed by atoms with Crippen molar-refractivity contribution in [3.8, 4) is 0 Å². The SMILES string of the molecule is CC[C@@H](C)[C@H]1OC(=O)[C@H](C)NC(=O)CN(C)C(=O)C(C)(C)C(=O)[C@H]1C. The lowest BCUT2D eigenvalue weighted by atomic mass is 9.76. The van der Waals surface area contributed by atoms with Crippen LogP contribution in [-0.4, -0.2) is 54.2 Å². The normalized spacial score (nSPS) is 30.0.